The highest BCUT2D eigenvalue weighted by Crippen LogP contribution is 2.36. The van der Waals surface area contributed by atoms with Crippen LogP contribution in [0.4, 0.5) is 18.9 Å². The van der Waals surface area contributed by atoms with Gasteiger partial charge >= 0.3 is 6.18 Å². The molecule has 0 spiro atoms. The largest absolute Gasteiger partial charge is 0.416 e. The Labute approximate surface area is 221 Å². The first kappa shape index (κ1) is 29.9. The highest BCUT2D eigenvalue weighted by atomic mass is 79.9. The zero-order chi connectivity index (χ0) is 27.3. The zero-order valence-electron chi connectivity index (χ0n) is 19.8. The average Bonchev–Trinajstić information content (AvgIpc) is 2.78. The quantitative estimate of drug-likeness (QED) is 0.417. The second kappa shape index (κ2) is 12.3. The number of anilines is 1. The number of benzene rings is 2. The second-order valence-electron chi connectivity index (χ2n) is 8.05. The summed E-state index contributed by atoms with van der Waals surface area (Å²) in [7, 11) is -4.25. The van der Waals surface area contributed by atoms with Crippen LogP contribution in [0.3, 0.4) is 0 Å². The Kier molecular flexibility index (Phi) is 10.2. The van der Waals surface area contributed by atoms with Crippen LogP contribution in [0, 0.1) is 0 Å². The van der Waals surface area contributed by atoms with Crippen molar-refractivity contribution >= 4 is 55.1 Å². The van der Waals surface area contributed by atoms with E-state index in [0.717, 1.165) is 16.8 Å². The number of hydrogen-bond acceptors (Lipinski definition) is 4. The highest BCUT2D eigenvalue weighted by Gasteiger charge is 2.34. The number of halogens is 5. The summed E-state index contributed by atoms with van der Waals surface area (Å²) in [6.07, 6.45) is -3.34. The number of sulfonamides is 1. The van der Waals surface area contributed by atoms with Gasteiger partial charge in [-0.25, -0.2) is 8.42 Å². The number of nitrogens with zero attached hydrogens (tertiary/aromatic N) is 2. The molecule has 2 aromatic rings. The molecule has 1 unspecified atom stereocenters. The predicted molar refractivity (Wildman–Crippen MR) is 136 cm³/mol. The Bertz CT molecular complexity index is 1210. The smallest absolute Gasteiger partial charge is 0.354 e. The topological polar surface area (TPSA) is 86.8 Å². The van der Waals surface area contributed by atoms with E-state index >= 15 is 0 Å². The molecule has 2 rings (SSSR count). The number of hydrogen-bond donors (Lipinski definition) is 1. The van der Waals surface area contributed by atoms with E-state index < -0.39 is 51.9 Å². The molecule has 0 aromatic heterocycles. The fourth-order valence-electron chi connectivity index (χ4n) is 3.29. The van der Waals surface area contributed by atoms with Gasteiger partial charge in [-0.3, -0.25) is 13.9 Å². The van der Waals surface area contributed by atoms with Crippen LogP contribution in [0.25, 0.3) is 0 Å². The first-order valence-corrected chi connectivity index (χ1v) is 13.8. The molecule has 2 aromatic carbocycles. The van der Waals surface area contributed by atoms with E-state index in [1.807, 2.05) is 6.92 Å². The molecule has 1 N–H and O–H groups in total. The van der Waals surface area contributed by atoms with E-state index in [1.165, 1.54) is 11.8 Å². The Morgan fingerprint density at radius 3 is 2.39 bits per heavy atom. The third-order valence-electron chi connectivity index (χ3n) is 5.18. The molecular weight excluding hydrogens is 587 g/mol. The van der Waals surface area contributed by atoms with Crippen LogP contribution in [0.1, 0.15) is 31.4 Å². The first-order valence-electron chi connectivity index (χ1n) is 10.8. The van der Waals surface area contributed by atoms with Crippen molar-refractivity contribution in [3.05, 3.63) is 63.1 Å². The van der Waals surface area contributed by atoms with Gasteiger partial charge < -0.3 is 10.2 Å². The minimum Gasteiger partial charge on any atom is -0.354 e. The number of alkyl halides is 3. The summed E-state index contributed by atoms with van der Waals surface area (Å²) in [6, 6.07) is 8.17. The standard InChI is InChI=1S/C23H26BrClF3N3O4S/c1-4-10-29-22(33)15(2)30(13-16-6-5-7-18(24)11-16)21(32)14-31(36(3,34)35)20-12-17(23(26,27)28)8-9-19(20)25/h5-9,11-12,15H,4,10,13-14H2,1-3H3,(H,29,33). The van der Waals surface area contributed by atoms with E-state index in [2.05, 4.69) is 21.2 Å². The van der Waals surface area contributed by atoms with Crippen molar-refractivity contribution in [2.24, 2.45) is 0 Å². The van der Waals surface area contributed by atoms with Crippen molar-refractivity contribution in [1.29, 1.82) is 0 Å². The lowest BCUT2D eigenvalue weighted by molar-refractivity contribution is -0.139. The van der Waals surface area contributed by atoms with Crippen molar-refractivity contribution in [3.63, 3.8) is 0 Å². The van der Waals surface area contributed by atoms with Crippen LogP contribution in [0.15, 0.2) is 46.9 Å². The monoisotopic (exact) mass is 611 g/mol. The third kappa shape index (κ3) is 8.10. The average molecular weight is 613 g/mol. The molecule has 0 saturated carbocycles. The van der Waals surface area contributed by atoms with Gasteiger partial charge in [0.15, 0.2) is 0 Å². The van der Waals surface area contributed by atoms with Crippen LogP contribution in [0.5, 0.6) is 0 Å². The molecule has 1 atom stereocenters. The minimum absolute atomic E-state index is 0.0487. The molecule has 0 aliphatic carbocycles. The van der Waals surface area contributed by atoms with Crippen LogP contribution in [-0.4, -0.2) is 50.5 Å². The molecular formula is C23H26BrClF3N3O4S. The fourth-order valence-corrected chi connectivity index (χ4v) is 4.86. The van der Waals surface area contributed by atoms with Crippen molar-refractivity contribution in [2.45, 2.75) is 39.0 Å². The lowest BCUT2D eigenvalue weighted by atomic mass is 10.1. The Hall–Kier alpha value is -2.31. The fraction of sp³-hybridized carbons (Fsp3) is 0.391. The van der Waals surface area contributed by atoms with Crippen molar-refractivity contribution < 1.29 is 31.2 Å². The van der Waals surface area contributed by atoms with E-state index in [-0.39, 0.29) is 11.6 Å². The maximum Gasteiger partial charge on any atom is 0.416 e. The molecule has 2 amide bonds. The molecule has 7 nitrogen and oxygen atoms in total. The molecule has 0 aliphatic rings. The molecule has 0 radical (unpaired) electrons. The number of nitrogens with one attached hydrogen (secondary N) is 1. The zero-order valence-corrected chi connectivity index (χ0v) is 22.9. The summed E-state index contributed by atoms with van der Waals surface area (Å²) in [4.78, 5) is 27.3. The molecule has 36 heavy (non-hydrogen) atoms. The third-order valence-corrected chi connectivity index (χ3v) is 7.12. The van der Waals surface area contributed by atoms with Gasteiger partial charge in [-0.1, -0.05) is 46.6 Å². The van der Waals surface area contributed by atoms with Crippen molar-refractivity contribution in [3.8, 4) is 0 Å². The number of amides is 2. The van der Waals surface area contributed by atoms with Crippen LogP contribution >= 0.6 is 27.5 Å². The number of carbonyl (C=O) groups is 2. The Morgan fingerprint density at radius 1 is 1.17 bits per heavy atom. The number of rotatable bonds is 10. The molecule has 0 aliphatic heterocycles. The molecule has 0 heterocycles. The molecule has 198 valence electrons. The van der Waals surface area contributed by atoms with Gasteiger partial charge in [-0.05, 0) is 49.2 Å². The minimum atomic E-state index is -4.76. The normalized spacial score (nSPS) is 12.7. The maximum atomic E-state index is 13.4. The van der Waals surface area contributed by atoms with Gasteiger partial charge in [0.2, 0.25) is 21.8 Å². The van der Waals surface area contributed by atoms with Crippen molar-refractivity contribution in [2.75, 3.05) is 23.7 Å². The van der Waals surface area contributed by atoms with Gasteiger partial charge in [-0.2, -0.15) is 13.2 Å². The molecule has 0 bridgehead atoms. The highest BCUT2D eigenvalue weighted by molar-refractivity contribution is 9.10. The van der Waals surface area contributed by atoms with Gasteiger partial charge in [0.1, 0.15) is 12.6 Å². The summed E-state index contributed by atoms with van der Waals surface area (Å²) >= 11 is 9.40. The second-order valence-corrected chi connectivity index (χ2v) is 11.3. The van der Waals surface area contributed by atoms with E-state index in [1.54, 1.807) is 24.3 Å². The van der Waals surface area contributed by atoms with Crippen LogP contribution in [-0.2, 0) is 32.3 Å². The predicted octanol–water partition coefficient (Wildman–Crippen LogP) is 4.83. The van der Waals surface area contributed by atoms with E-state index in [0.29, 0.717) is 35.0 Å². The summed E-state index contributed by atoms with van der Waals surface area (Å²) in [5, 5.41) is 2.41. The summed E-state index contributed by atoms with van der Waals surface area (Å²) in [5.41, 5.74) is -0.968. The number of carbonyl (C=O) groups excluding carboxylic acids is 2. The lowest BCUT2D eigenvalue weighted by Crippen LogP contribution is -2.51. The van der Waals surface area contributed by atoms with Crippen molar-refractivity contribution in [1.82, 2.24) is 10.2 Å². The SMILES string of the molecule is CCCNC(=O)C(C)N(Cc1cccc(Br)c1)C(=O)CN(c1cc(C(F)(F)F)ccc1Cl)S(C)(=O)=O. The molecule has 13 heteroatoms. The van der Waals surface area contributed by atoms with Crippen LogP contribution < -0.4 is 9.62 Å². The summed E-state index contributed by atoms with van der Waals surface area (Å²) in [6.45, 7) is 2.81. The maximum absolute atomic E-state index is 13.4. The van der Waals surface area contributed by atoms with Gasteiger partial charge in [-0.15, -0.1) is 0 Å². The van der Waals surface area contributed by atoms with E-state index in [9.17, 15) is 31.2 Å². The molecule has 0 saturated heterocycles. The Balaban J connectivity index is 2.48. The molecule has 0 fully saturated rings. The van der Waals surface area contributed by atoms with Crippen LogP contribution in [0.2, 0.25) is 5.02 Å². The first-order chi connectivity index (χ1) is 16.6. The summed E-state index contributed by atoms with van der Waals surface area (Å²) in [5.74, 6) is -1.25. The van der Waals surface area contributed by atoms with Gasteiger partial charge in [0.25, 0.3) is 0 Å². The lowest BCUT2D eigenvalue weighted by Gasteiger charge is -2.32. The summed E-state index contributed by atoms with van der Waals surface area (Å²) < 4.78 is 66.3. The Morgan fingerprint density at radius 2 is 1.83 bits per heavy atom. The van der Waals surface area contributed by atoms with E-state index in [4.69, 9.17) is 11.6 Å². The van der Waals surface area contributed by atoms with Gasteiger partial charge in [0, 0.05) is 17.6 Å². The van der Waals surface area contributed by atoms with Gasteiger partial charge in [0.05, 0.1) is 22.5 Å².